The van der Waals surface area contributed by atoms with Crippen LogP contribution in [-0.4, -0.2) is 35.1 Å². The highest BCUT2D eigenvalue weighted by atomic mass is 16.6. The number of nitro benzene ring substituents is 1. The Hall–Kier alpha value is -3.29. The quantitative estimate of drug-likeness (QED) is 0.497. The normalized spacial score (nSPS) is 14.7. The predicted octanol–water partition coefficient (Wildman–Crippen LogP) is 3.13. The number of nitrogens with zero attached hydrogens (tertiary/aromatic N) is 4. The molecule has 2 aromatic rings. The number of anilines is 1. The van der Waals surface area contributed by atoms with Gasteiger partial charge in [-0.25, -0.2) is 5.43 Å². The third-order valence-corrected chi connectivity index (χ3v) is 4.48. The average Bonchev–Trinajstić information content (AvgIpc) is 2.98. The number of carbonyl (C=O) groups excluding carboxylic acids is 1. The van der Waals surface area contributed by atoms with E-state index in [1.807, 2.05) is 0 Å². The summed E-state index contributed by atoms with van der Waals surface area (Å²) in [5.41, 5.74) is 4.39. The SMILES string of the molecule is O=C(NN=Cc1cc([N+](=O)[O-])ccc1N1CCCCCC1)c1ccncc1. The van der Waals surface area contributed by atoms with Crippen LogP contribution in [0, 0.1) is 10.1 Å². The maximum absolute atomic E-state index is 12.1. The number of carbonyl (C=O) groups is 1. The number of non-ortho nitro benzene ring substituents is 1. The van der Waals surface area contributed by atoms with E-state index in [1.165, 1.54) is 43.6 Å². The summed E-state index contributed by atoms with van der Waals surface area (Å²) in [6.07, 6.45) is 9.07. The number of aromatic nitrogens is 1. The second-order valence-corrected chi connectivity index (χ2v) is 6.34. The number of nitro groups is 1. The van der Waals surface area contributed by atoms with Crippen molar-refractivity contribution in [3.05, 3.63) is 64.0 Å². The van der Waals surface area contributed by atoms with Crippen molar-refractivity contribution in [3.8, 4) is 0 Å². The lowest BCUT2D eigenvalue weighted by molar-refractivity contribution is -0.384. The molecule has 1 N–H and O–H groups in total. The van der Waals surface area contributed by atoms with Crippen molar-refractivity contribution in [2.75, 3.05) is 18.0 Å². The summed E-state index contributed by atoms with van der Waals surface area (Å²) in [7, 11) is 0. The van der Waals surface area contributed by atoms with Gasteiger partial charge in [-0.15, -0.1) is 0 Å². The maximum atomic E-state index is 12.1. The molecule has 1 saturated heterocycles. The van der Waals surface area contributed by atoms with Crippen LogP contribution in [0.25, 0.3) is 0 Å². The number of rotatable bonds is 5. The molecule has 1 fully saturated rings. The molecule has 0 aliphatic carbocycles. The van der Waals surface area contributed by atoms with E-state index >= 15 is 0 Å². The number of hydrogen-bond acceptors (Lipinski definition) is 6. The molecule has 1 aliphatic heterocycles. The molecule has 0 spiro atoms. The Morgan fingerprint density at radius 1 is 1.15 bits per heavy atom. The van der Waals surface area contributed by atoms with Gasteiger partial charge in [0.15, 0.2) is 0 Å². The highest BCUT2D eigenvalue weighted by Crippen LogP contribution is 2.26. The summed E-state index contributed by atoms with van der Waals surface area (Å²) in [5.74, 6) is -0.365. The molecule has 2 heterocycles. The van der Waals surface area contributed by atoms with E-state index in [9.17, 15) is 14.9 Å². The molecule has 1 aromatic carbocycles. The van der Waals surface area contributed by atoms with Gasteiger partial charge in [0, 0.05) is 54.4 Å². The Balaban J connectivity index is 1.81. The van der Waals surface area contributed by atoms with E-state index in [0.717, 1.165) is 31.6 Å². The van der Waals surface area contributed by atoms with E-state index in [0.29, 0.717) is 11.1 Å². The Morgan fingerprint density at radius 3 is 2.52 bits per heavy atom. The van der Waals surface area contributed by atoms with Gasteiger partial charge in [0.1, 0.15) is 0 Å². The van der Waals surface area contributed by atoms with Crippen LogP contribution in [-0.2, 0) is 0 Å². The minimum atomic E-state index is -0.431. The van der Waals surface area contributed by atoms with Crippen molar-refractivity contribution in [2.24, 2.45) is 5.10 Å². The van der Waals surface area contributed by atoms with Crippen LogP contribution in [0.5, 0.6) is 0 Å². The van der Waals surface area contributed by atoms with E-state index in [2.05, 4.69) is 20.4 Å². The summed E-state index contributed by atoms with van der Waals surface area (Å²) in [5, 5.41) is 15.1. The van der Waals surface area contributed by atoms with Gasteiger partial charge in [-0.3, -0.25) is 19.9 Å². The van der Waals surface area contributed by atoms with Crippen LogP contribution in [0.15, 0.2) is 47.8 Å². The van der Waals surface area contributed by atoms with E-state index in [4.69, 9.17) is 0 Å². The molecule has 0 bridgehead atoms. The van der Waals surface area contributed by atoms with Gasteiger partial charge in [0.2, 0.25) is 0 Å². The molecule has 8 heteroatoms. The molecule has 0 radical (unpaired) electrons. The molecular formula is C19H21N5O3. The van der Waals surface area contributed by atoms with E-state index in [-0.39, 0.29) is 11.6 Å². The average molecular weight is 367 g/mol. The standard InChI is InChI=1S/C19H21N5O3/c25-19(15-7-9-20-10-8-15)22-21-14-16-13-17(24(26)27)5-6-18(16)23-11-3-1-2-4-12-23/h5-10,13-14H,1-4,11-12H2,(H,22,25). The van der Waals surface area contributed by atoms with Gasteiger partial charge >= 0.3 is 0 Å². The van der Waals surface area contributed by atoms with Gasteiger partial charge in [-0.2, -0.15) is 5.10 Å². The van der Waals surface area contributed by atoms with Crippen molar-refractivity contribution in [1.82, 2.24) is 10.4 Å². The second kappa shape index (κ2) is 8.88. The zero-order valence-electron chi connectivity index (χ0n) is 14.9. The van der Waals surface area contributed by atoms with Crippen LogP contribution in [0.4, 0.5) is 11.4 Å². The predicted molar refractivity (Wildman–Crippen MR) is 103 cm³/mol. The fourth-order valence-electron chi connectivity index (χ4n) is 3.09. The molecule has 0 atom stereocenters. The molecule has 1 amide bonds. The van der Waals surface area contributed by atoms with Crippen molar-refractivity contribution in [2.45, 2.75) is 25.7 Å². The lowest BCUT2D eigenvalue weighted by Crippen LogP contribution is -2.25. The fraction of sp³-hybridized carbons (Fsp3) is 0.316. The first-order chi connectivity index (χ1) is 13.1. The number of hydrogen-bond donors (Lipinski definition) is 1. The van der Waals surface area contributed by atoms with Crippen molar-refractivity contribution in [1.29, 1.82) is 0 Å². The molecule has 3 rings (SSSR count). The lowest BCUT2D eigenvalue weighted by atomic mass is 10.1. The zero-order chi connectivity index (χ0) is 19.1. The van der Waals surface area contributed by atoms with Crippen molar-refractivity contribution in [3.63, 3.8) is 0 Å². The Bertz CT molecular complexity index is 830. The Labute approximate surface area is 157 Å². The van der Waals surface area contributed by atoms with Gasteiger partial charge < -0.3 is 4.90 Å². The van der Waals surface area contributed by atoms with Crippen LogP contribution >= 0.6 is 0 Å². The third kappa shape index (κ3) is 4.87. The Kier molecular flexibility index (Phi) is 6.09. The van der Waals surface area contributed by atoms with Crippen LogP contribution in [0.1, 0.15) is 41.6 Å². The first-order valence-corrected chi connectivity index (χ1v) is 8.92. The summed E-state index contributed by atoms with van der Waals surface area (Å²) in [6, 6.07) is 7.92. The van der Waals surface area contributed by atoms with Crippen LogP contribution in [0.2, 0.25) is 0 Å². The molecule has 140 valence electrons. The maximum Gasteiger partial charge on any atom is 0.271 e. The number of hydrazone groups is 1. The van der Waals surface area contributed by atoms with Gasteiger partial charge in [-0.05, 0) is 31.0 Å². The minimum Gasteiger partial charge on any atom is -0.371 e. The molecule has 8 nitrogen and oxygen atoms in total. The van der Waals surface area contributed by atoms with Gasteiger partial charge in [0.05, 0.1) is 11.1 Å². The number of amides is 1. The number of nitrogens with one attached hydrogen (secondary N) is 1. The highest BCUT2D eigenvalue weighted by molar-refractivity contribution is 5.95. The topological polar surface area (TPSA) is 101 Å². The lowest BCUT2D eigenvalue weighted by Gasteiger charge is -2.24. The first kappa shape index (κ1) is 18.5. The number of benzene rings is 1. The van der Waals surface area contributed by atoms with Crippen molar-refractivity contribution >= 4 is 23.5 Å². The number of pyridine rings is 1. The third-order valence-electron chi connectivity index (χ3n) is 4.48. The summed E-state index contributed by atoms with van der Waals surface area (Å²) in [6.45, 7) is 1.81. The monoisotopic (exact) mass is 367 g/mol. The molecule has 1 aliphatic rings. The van der Waals surface area contributed by atoms with E-state index < -0.39 is 4.92 Å². The van der Waals surface area contributed by atoms with Gasteiger partial charge in [0.25, 0.3) is 11.6 Å². The molecule has 1 aromatic heterocycles. The summed E-state index contributed by atoms with van der Waals surface area (Å²) in [4.78, 5) is 28.9. The zero-order valence-corrected chi connectivity index (χ0v) is 14.9. The van der Waals surface area contributed by atoms with Crippen molar-refractivity contribution < 1.29 is 9.72 Å². The Morgan fingerprint density at radius 2 is 1.85 bits per heavy atom. The molecule has 0 unspecified atom stereocenters. The summed E-state index contributed by atoms with van der Waals surface area (Å²) < 4.78 is 0. The van der Waals surface area contributed by atoms with Crippen LogP contribution in [0.3, 0.4) is 0 Å². The molecule has 0 saturated carbocycles. The minimum absolute atomic E-state index is 0.00418. The molecule has 27 heavy (non-hydrogen) atoms. The highest BCUT2D eigenvalue weighted by Gasteiger charge is 2.16. The largest absolute Gasteiger partial charge is 0.371 e. The first-order valence-electron chi connectivity index (χ1n) is 8.92. The summed E-state index contributed by atoms with van der Waals surface area (Å²) >= 11 is 0. The molecular weight excluding hydrogens is 346 g/mol. The van der Waals surface area contributed by atoms with Gasteiger partial charge in [-0.1, -0.05) is 12.8 Å². The van der Waals surface area contributed by atoms with Crippen LogP contribution < -0.4 is 10.3 Å². The van der Waals surface area contributed by atoms with E-state index in [1.54, 1.807) is 18.2 Å². The smallest absolute Gasteiger partial charge is 0.271 e. The second-order valence-electron chi connectivity index (χ2n) is 6.34. The fourth-order valence-corrected chi connectivity index (χ4v) is 3.09.